The number of pyridine rings is 1. The van der Waals surface area contributed by atoms with Gasteiger partial charge in [-0.1, -0.05) is 19.4 Å². The summed E-state index contributed by atoms with van der Waals surface area (Å²) in [6.07, 6.45) is 5.76. The van der Waals surface area contributed by atoms with Crippen LogP contribution in [0, 0.1) is 0 Å². The van der Waals surface area contributed by atoms with Gasteiger partial charge in [-0.15, -0.1) is 11.3 Å². The van der Waals surface area contributed by atoms with E-state index >= 15 is 0 Å². The number of amides is 2. The Bertz CT molecular complexity index is 716. The fourth-order valence-corrected chi connectivity index (χ4v) is 3.45. The van der Waals surface area contributed by atoms with E-state index in [0.717, 1.165) is 37.1 Å². The first kappa shape index (κ1) is 19.8. The summed E-state index contributed by atoms with van der Waals surface area (Å²) in [5, 5.41) is 4.20. The molecule has 9 heteroatoms. The highest BCUT2D eigenvalue weighted by atomic mass is 32.2. The second-order valence-corrected chi connectivity index (χ2v) is 7.39. The number of thiophene rings is 1. The minimum Gasteiger partial charge on any atom is -0.359 e. The van der Waals surface area contributed by atoms with E-state index in [0.29, 0.717) is 0 Å². The zero-order valence-electron chi connectivity index (χ0n) is 13.1. The first-order valence-corrected chi connectivity index (χ1v) is 9.55. The number of hydrogen-bond acceptors (Lipinski definition) is 6. The molecule has 0 bridgehead atoms. The zero-order chi connectivity index (χ0) is 17.8. The summed E-state index contributed by atoms with van der Waals surface area (Å²) in [5.74, 6) is -0.688. The van der Waals surface area contributed by atoms with Crippen molar-refractivity contribution in [1.82, 2.24) is 15.0 Å². The lowest BCUT2D eigenvalue weighted by Crippen LogP contribution is -2.30. The molecular formula is C15H19N3O4S2. The quantitative estimate of drug-likeness (QED) is 0.572. The smallest absolute Gasteiger partial charge is 0.273 e. The molecular weight excluding hydrogens is 350 g/mol. The number of carbonyl (C=O) groups is 2. The van der Waals surface area contributed by atoms with Crippen molar-refractivity contribution in [2.75, 3.05) is 6.54 Å². The maximum atomic E-state index is 11.7. The standard InChI is InChI=1S/C10H8N2O3S2.C5H11NO/c13-10(8-3-1-5-11-7-8)12-17(14,15)9-4-2-6-16-9;1-2-3-4-6-5-7/h1-7H,(H,12,13);5H,2-4H2,1H3,(H,6,7). The van der Waals surface area contributed by atoms with Gasteiger partial charge in [0.15, 0.2) is 0 Å². The van der Waals surface area contributed by atoms with Crippen LogP contribution in [0.2, 0.25) is 0 Å². The first-order valence-electron chi connectivity index (χ1n) is 7.19. The van der Waals surface area contributed by atoms with E-state index in [1.165, 1.54) is 24.5 Å². The van der Waals surface area contributed by atoms with E-state index in [1.807, 2.05) is 4.72 Å². The number of sulfonamides is 1. The molecule has 0 fully saturated rings. The predicted molar refractivity (Wildman–Crippen MR) is 92.2 cm³/mol. The minimum absolute atomic E-state index is 0.106. The van der Waals surface area contributed by atoms with Crippen molar-refractivity contribution in [3.05, 3.63) is 47.6 Å². The molecule has 0 atom stereocenters. The molecule has 0 unspecified atom stereocenters. The van der Waals surface area contributed by atoms with Crippen molar-refractivity contribution >= 4 is 33.7 Å². The summed E-state index contributed by atoms with van der Waals surface area (Å²) in [4.78, 5) is 24.9. The van der Waals surface area contributed by atoms with Gasteiger partial charge in [-0.2, -0.15) is 0 Å². The molecule has 130 valence electrons. The molecule has 2 rings (SSSR count). The van der Waals surface area contributed by atoms with E-state index in [1.54, 1.807) is 17.5 Å². The van der Waals surface area contributed by atoms with Crippen LogP contribution < -0.4 is 10.0 Å². The van der Waals surface area contributed by atoms with Crippen LogP contribution in [0.4, 0.5) is 0 Å². The first-order chi connectivity index (χ1) is 11.5. The third-order valence-corrected chi connectivity index (χ3v) is 5.40. The Morgan fingerprint density at radius 3 is 2.67 bits per heavy atom. The molecule has 2 amide bonds. The normalized spacial score (nSPS) is 10.2. The van der Waals surface area contributed by atoms with E-state index < -0.39 is 15.9 Å². The summed E-state index contributed by atoms with van der Waals surface area (Å²) >= 11 is 1.05. The van der Waals surface area contributed by atoms with Crippen LogP contribution >= 0.6 is 11.3 Å². The molecule has 0 aliphatic heterocycles. The molecule has 0 aromatic carbocycles. The fraction of sp³-hybridized carbons (Fsp3) is 0.267. The molecule has 0 saturated heterocycles. The highest BCUT2D eigenvalue weighted by Gasteiger charge is 2.19. The Kier molecular flexibility index (Phi) is 8.66. The summed E-state index contributed by atoms with van der Waals surface area (Å²) in [6.45, 7) is 2.91. The van der Waals surface area contributed by atoms with Gasteiger partial charge in [0.1, 0.15) is 4.21 Å². The van der Waals surface area contributed by atoms with Gasteiger partial charge in [0.25, 0.3) is 15.9 Å². The third-order valence-electron chi connectivity index (χ3n) is 2.67. The van der Waals surface area contributed by atoms with Gasteiger partial charge in [0.2, 0.25) is 6.41 Å². The Morgan fingerprint density at radius 2 is 2.12 bits per heavy atom. The summed E-state index contributed by atoms with van der Waals surface area (Å²) in [5.41, 5.74) is 0.202. The van der Waals surface area contributed by atoms with Crippen molar-refractivity contribution in [3.8, 4) is 0 Å². The average Bonchev–Trinajstić information content (AvgIpc) is 3.12. The van der Waals surface area contributed by atoms with E-state index in [-0.39, 0.29) is 9.77 Å². The third kappa shape index (κ3) is 6.88. The molecule has 0 radical (unpaired) electrons. The van der Waals surface area contributed by atoms with E-state index in [2.05, 4.69) is 17.2 Å². The number of rotatable bonds is 7. The van der Waals surface area contributed by atoms with Crippen LogP contribution in [-0.4, -0.2) is 32.3 Å². The number of carbonyl (C=O) groups excluding carboxylic acids is 2. The Hall–Kier alpha value is -2.26. The molecule has 0 spiro atoms. The summed E-state index contributed by atoms with van der Waals surface area (Å²) < 4.78 is 25.6. The average molecular weight is 369 g/mol. The van der Waals surface area contributed by atoms with Gasteiger partial charge >= 0.3 is 0 Å². The monoisotopic (exact) mass is 369 g/mol. The lowest BCUT2D eigenvalue weighted by Gasteiger charge is -2.04. The maximum absolute atomic E-state index is 11.7. The number of unbranched alkanes of at least 4 members (excludes halogenated alkanes) is 1. The molecule has 7 nitrogen and oxygen atoms in total. The van der Waals surface area contributed by atoms with E-state index in [4.69, 9.17) is 0 Å². The number of nitrogens with one attached hydrogen (secondary N) is 2. The van der Waals surface area contributed by atoms with Gasteiger partial charge in [-0.25, -0.2) is 13.1 Å². The van der Waals surface area contributed by atoms with Crippen LogP contribution in [0.25, 0.3) is 0 Å². The Morgan fingerprint density at radius 1 is 1.33 bits per heavy atom. The summed E-state index contributed by atoms with van der Waals surface area (Å²) in [7, 11) is -3.77. The zero-order valence-corrected chi connectivity index (χ0v) is 14.8. The molecule has 2 N–H and O–H groups in total. The number of aromatic nitrogens is 1. The van der Waals surface area contributed by atoms with Crippen LogP contribution in [-0.2, 0) is 14.8 Å². The lowest BCUT2D eigenvalue weighted by atomic mass is 10.3. The van der Waals surface area contributed by atoms with Crippen LogP contribution in [0.3, 0.4) is 0 Å². The van der Waals surface area contributed by atoms with Gasteiger partial charge in [0, 0.05) is 18.9 Å². The topological polar surface area (TPSA) is 105 Å². The molecule has 2 aromatic heterocycles. The largest absolute Gasteiger partial charge is 0.359 e. The number of hydrogen-bond donors (Lipinski definition) is 2. The minimum atomic E-state index is -3.77. The van der Waals surface area contributed by atoms with E-state index in [9.17, 15) is 18.0 Å². The van der Waals surface area contributed by atoms with Gasteiger partial charge < -0.3 is 5.32 Å². The van der Waals surface area contributed by atoms with Gasteiger partial charge in [-0.3, -0.25) is 14.6 Å². The Balaban J connectivity index is 0.000000351. The van der Waals surface area contributed by atoms with Crippen LogP contribution in [0.5, 0.6) is 0 Å². The molecule has 0 aliphatic rings. The van der Waals surface area contributed by atoms with Crippen LogP contribution in [0.1, 0.15) is 30.1 Å². The van der Waals surface area contributed by atoms with Crippen molar-refractivity contribution in [1.29, 1.82) is 0 Å². The number of nitrogens with zero attached hydrogens (tertiary/aromatic N) is 1. The molecule has 0 saturated carbocycles. The summed E-state index contributed by atoms with van der Waals surface area (Å²) in [6, 6.07) is 6.09. The Labute approximate surface area is 145 Å². The molecule has 24 heavy (non-hydrogen) atoms. The second kappa shape index (κ2) is 10.5. The van der Waals surface area contributed by atoms with Gasteiger partial charge in [0.05, 0.1) is 5.56 Å². The van der Waals surface area contributed by atoms with Crippen LogP contribution in [0.15, 0.2) is 46.2 Å². The van der Waals surface area contributed by atoms with Crippen molar-refractivity contribution in [2.45, 2.75) is 24.0 Å². The molecule has 0 aliphatic carbocycles. The second-order valence-electron chi connectivity index (χ2n) is 4.53. The highest BCUT2D eigenvalue weighted by molar-refractivity contribution is 7.92. The molecule has 2 aromatic rings. The van der Waals surface area contributed by atoms with Crippen molar-refractivity contribution in [2.24, 2.45) is 0 Å². The highest BCUT2D eigenvalue weighted by Crippen LogP contribution is 2.15. The lowest BCUT2D eigenvalue weighted by molar-refractivity contribution is -0.109. The van der Waals surface area contributed by atoms with Gasteiger partial charge in [-0.05, 0) is 30.0 Å². The SMILES string of the molecule is CCCCNC=O.O=C(NS(=O)(=O)c1cccs1)c1cccnc1. The predicted octanol–water partition coefficient (Wildman–Crippen LogP) is 1.79. The maximum Gasteiger partial charge on any atom is 0.273 e. The van der Waals surface area contributed by atoms with Crippen molar-refractivity contribution < 1.29 is 18.0 Å². The molecule has 2 heterocycles. The fourth-order valence-electron chi connectivity index (χ4n) is 1.48. The van der Waals surface area contributed by atoms with Crippen molar-refractivity contribution in [3.63, 3.8) is 0 Å².